The Morgan fingerprint density at radius 2 is 2.08 bits per heavy atom. The molecular formula is C18H25N3O2S. The van der Waals surface area contributed by atoms with Crippen LogP contribution in [0, 0.1) is 12.8 Å². The zero-order valence-corrected chi connectivity index (χ0v) is 15.4. The van der Waals surface area contributed by atoms with Crippen molar-refractivity contribution in [3.05, 3.63) is 35.8 Å². The molecule has 24 heavy (non-hydrogen) atoms. The monoisotopic (exact) mass is 347 g/mol. The van der Waals surface area contributed by atoms with Crippen LogP contribution in [0.15, 0.2) is 24.4 Å². The van der Waals surface area contributed by atoms with Gasteiger partial charge in [0.2, 0.25) is 5.91 Å². The topological polar surface area (TPSA) is 54.7 Å². The summed E-state index contributed by atoms with van der Waals surface area (Å²) < 4.78 is 14.6. The molecule has 0 saturated carbocycles. The number of nitrogens with zero attached hydrogens (tertiary/aromatic N) is 3. The standard InChI is InChI=1S/C18H25N3O2S/c1-13-7-9-20(10-8-13)18(22)15(3)24(23)12-16-11-21-14(2)5-4-6-17(21)19-16/h4-6,11,13,15H,7-10,12H2,1-3H3/t15-,24+/m1/s1. The van der Waals surface area contributed by atoms with E-state index in [4.69, 9.17) is 0 Å². The molecule has 1 saturated heterocycles. The lowest BCUT2D eigenvalue weighted by Gasteiger charge is -2.31. The molecule has 0 bridgehead atoms. The summed E-state index contributed by atoms with van der Waals surface area (Å²) in [6.45, 7) is 7.58. The maximum atomic E-state index is 12.6. The Labute approximate surface area is 145 Å². The van der Waals surface area contributed by atoms with Crippen molar-refractivity contribution in [3.8, 4) is 0 Å². The molecular weight excluding hydrogens is 322 g/mol. The van der Waals surface area contributed by atoms with E-state index in [0.29, 0.717) is 11.7 Å². The highest BCUT2D eigenvalue weighted by Crippen LogP contribution is 2.18. The molecule has 0 spiro atoms. The summed E-state index contributed by atoms with van der Waals surface area (Å²) in [5.74, 6) is 1.01. The first kappa shape index (κ1) is 17.1. The van der Waals surface area contributed by atoms with E-state index in [0.717, 1.165) is 43.0 Å². The van der Waals surface area contributed by atoms with Crippen molar-refractivity contribution in [3.63, 3.8) is 0 Å². The number of carbonyl (C=O) groups excluding carboxylic acids is 1. The summed E-state index contributed by atoms with van der Waals surface area (Å²) >= 11 is 0. The Morgan fingerprint density at radius 3 is 2.75 bits per heavy atom. The molecule has 130 valence electrons. The molecule has 3 heterocycles. The second-order valence-corrected chi connectivity index (χ2v) is 8.56. The predicted molar refractivity (Wildman–Crippen MR) is 96.2 cm³/mol. The van der Waals surface area contributed by atoms with Gasteiger partial charge in [-0.2, -0.15) is 0 Å². The minimum Gasteiger partial charge on any atom is -0.342 e. The van der Waals surface area contributed by atoms with Gasteiger partial charge in [0, 0.05) is 35.8 Å². The summed E-state index contributed by atoms with van der Waals surface area (Å²) in [4.78, 5) is 19.0. The van der Waals surface area contributed by atoms with Crippen LogP contribution >= 0.6 is 0 Å². The predicted octanol–water partition coefficient (Wildman–Crippen LogP) is 2.54. The summed E-state index contributed by atoms with van der Waals surface area (Å²) in [7, 11) is -1.26. The number of hydrogen-bond donors (Lipinski definition) is 0. The normalized spacial score (nSPS) is 18.7. The van der Waals surface area contributed by atoms with E-state index in [1.54, 1.807) is 6.92 Å². The van der Waals surface area contributed by atoms with Crippen molar-refractivity contribution in [2.45, 2.75) is 44.6 Å². The highest BCUT2D eigenvalue weighted by atomic mass is 32.2. The van der Waals surface area contributed by atoms with E-state index in [9.17, 15) is 9.00 Å². The average Bonchev–Trinajstić information content (AvgIpc) is 2.98. The van der Waals surface area contributed by atoms with Crippen molar-refractivity contribution in [2.24, 2.45) is 5.92 Å². The number of aryl methyl sites for hydroxylation is 1. The van der Waals surface area contributed by atoms with Gasteiger partial charge < -0.3 is 9.30 Å². The molecule has 2 aromatic heterocycles. The Balaban J connectivity index is 1.66. The lowest BCUT2D eigenvalue weighted by Crippen LogP contribution is -2.44. The quantitative estimate of drug-likeness (QED) is 0.854. The van der Waals surface area contributed by atoms with Gasteiger partial charge >= 0.3 is 0 Å². The summed E-state index contributed by atoms with van der Waals surface area (Å²) in [6, 6.07) is 5.91. The molecule has 1 fully saturated rings. The highest BCUT2D eigenvalue weighted by Gasteiger charge is 2.28. The fraction of sp³-hybridized carbons (Fsp3) is 0.556. The zero-order valence-electron chi connectivity index (χ0n) is 14.6. The van der Waals surface area contributed by atoms with Crippen LogP contribution < -0.4 is 0 Å². The number of likely N-dealkylation sites (tertiary alicyclic amines) is 1. The van der Waals surface area contributed by atoms with E-state index in [1.165, 1.54) is 0 Å². The first-order valence-electron chi connectivity index (χ1n) is 8.55. The smallest absolute Gasteiger partial charge is 0.238 e. The molecule has 0 aromatic carbocycles. The minimum absolute atomic E-state index is 0.0141. The fourth-order valence-electron chi connectivity index (χ4n) is 3.14. The van der Waals surface area contributed by atoms with E-state index >= 15 is 0 Å². The molecule has 2 atom stereocenters. The van der Waals surface area contributed by atoms with Crippen LogP contribution in [0.3, 0.4) is 0 Å². The maximum Gasteiger partial charge on any atom is 0.238 e. The summed E-state index contributed by atoms with van der Waals surface area (Å²) in [6.07, 6.45) is 4.00. The summed E-state index contributed by atoms with van der Waals surface area (Å²) in [5.41, 5.74) is 2.71. The van der Waals surface area contributed by atoms with Gasteiger partial charge in [-0.05, 0) is 44.7 Å². The van der Waals surface area contributed by atoms with Gasteiger partial charge in [-0.3, -0.25) is 9.00 Å². The third-order valence-electron chi connectivity index (χ3n) is 4.87. The highest BCUT2D eigenvalue weighted by molar-refractivity contribution is 7.85. The van der Waals surface area contributed by atoms with Crippen LogP contribution in [0.4, 0.5) is 0 Å². The zero-order chi connectivity index (χ0) is 17.3. The minimum atomic E-state index is -1.26. The van der Waals surface area contributed by atoms with Gasteiger partial charge in [0.25, 0.3) is 0 Å². The van der Waals surface area contributed by atoms with Crippen LogP contribution in [-0.2, 0) is 21.3 Å². The van der Waals surface area contributed by atoms with Crippen molar-refractivity contribution >= 4 is 22.4 Å². The Bertz CT molecular complexity index is 763. The third-order valence-corrected chi connectivity index (χ3v) is 6.44. The third kappa shape index (κ3) is 3.53. The van der Waals surface area contributed by atoms with E-state index in [1.807, 2.05) is 40.6 Å². The first-order chi connectivity index (χ1) is 11.5. The van der Waals surface area contributed by atoms with Gasteiger partial charge in [-0.1, -0.05) is 13.0 Å². The van der Waals surface area contributed by atoms with Crippen molar-refractivity contribution in [1.82, 2.24) is 14.3 Å². The number of rotatable bonds is 4. The van der Waals surface area contributed by atoms with E-state index < -0.39 is 16.0 Å². The number of pyridine rings is 1. The van der Waals surface area contributed by atoms with Crippen molar-refractivity contribution < 1.29 is 9.00 Å². The van der Waals surface area contributed by atoms with Crippen LogP contribution in [0.25, 0.3) is 5.65 Å². The molecule has 0 N–H and O–H groups in total. The molecule has 1 amide bonds. The molecule has 1 aliphatic rings. The van der Waals surface area contributed by atoms with Crippen LogP contribution in [0.2, 0.25) is 0 Å². The van der Waals surface area contributed by atoms with Gasteiger partial charge in [-0.15, -0.1) is 0 Å². The van der Waals surface area contributed by atoms with E-state index in [-0.39, 0.29) is 5.91 Å². The molecule has 0 unspecified atom stereocenters. The Kier molecular flexibility index (Phi) is 5.04. The molecule has 6 heteroatoms. The number of carbonyl (C=O) groups is 1. The second-order valence-electron chi connectivity index (χ2n) is 6.80. The number of fused-ring (bicyclic) bond motifs is 1. The molecule has 5 nitrogen and oxygen atoms in total. The summed E-state index contributed by atoms with van der Waals surface area (Å²) in [5, 5.41) is -0.482. The van der Waals surface area contributed by atoms with Crippen molar-refractivity contribution in [1.29, 1.82) is 0 Å². The Hall–Kier alpha value is -1.69. The first-order valence-corrected chi connectivity index (χ1v) is 9.93. The SMILES string of the molecule is Cc1cccc2nc(C[S@](=O)[C@H](C)C(=O)N3CCC(C)CC3)cn12. The van der Waals surface area contributed by atoms with Crippen molar-refractivity contribution in [2.75, 3.05) is 13.1 Å². The number of piperidine rings is 1. The lowest BCUT2D eigenvalue weighted by molar-refractivity contribution is -0.131. The number of aromatic nitrogens is 2. The Morgan fingerprint density at radius 1 is 1.38 bits per heavy atom. The number of amides is 1. The van der Waals surface area contributed by atoms with Gasteiger partial charge in [0.1, 0.15) is 10.9 Å². The number of hydrogen-bond acceptors (Lipinski definition) is 3. The van der Waals surface area contributed by atoms with E-state index in [2.05, 4.69) is 11.9 Å². The molecule has 2 aromatic rings. The molecule has 3 rings (SSSR count). The molecule has 1 aliphatic heterocycles. The van der Waals surface area contributed by atoms with Gasteiger partial charge in [0.05, 0.1) is 11.4 Å². The largest absolute Gasteiger partial charge is 0.342 e. The fourth-order valence-corrected chi connectivity index (χ4v) is 4.19. The second kappa shape index (κ2) is 7.05. The van der Waals surface area contributed by atoms with Crippen LogP contribution in [0.5, 0.6) is 0 Å². The van der Waals surface area contributed by atoms with Crippen LogP contribution in [-0.4, -0.2) is 42.7 Å². The van der Waals surface area contributed by atoms with Gasteiger partial charge in [0.15, 0.2) is 0 Å². The van der Waals surface area contributed by atoms with Crippen LogP contribution in [0.1, 0.15) is 38.1 Å². The molecule has 0 aliphatic carbocycles. The number of imidazole rings is 1. The maximum absolute atomic E-state index is 12.6. The molecule has 0 radical (unpaired) electrons. The lowest BCUT2D eigenvalue weighted by atomic mass is 9.99. The average molecular weight is 347 g/mol. The van der Waals surface area contributed by atoms with Gasteiger partial charge in [-0.25, -0.2) is 4.98 Å².